The SMILES string of the molecule is CCCOc1ccc(C(=O)CCC(=O)Nc2n[nH]c(C(F)(F)F)n2)cc1. The lowest BCUT2D eigenvalue weighted by molar-refractivity contribution is -0.144. The predicted molar refractivity (Wildman–Crippen MR) is 85.8 cm³/mol. The number of alkyl halides is 3. The summed E-state index contributed by atoms with van der Waals surface area (Å²) in [6, 6.07) is 6.51. The van der Waals surface area contributed by atoms with Gasteiger partial charge in [0.1, 0.15) is 5.75 Å². The summed E-state index contributed by atoms with van der Waals surface area (Å²) in [4.78, 5) is 26.9. The number of benzene rings is 1. The molecule has 0 radical (unpaired) electrons. The Labute approximate surface area is 147 Å². The molecular formula is C16H17F3N4O3. The summed E-state index contributed by atoms with van der Waals surface area (Å²) in [6.07, 6.45) is -4.12. The molecule has 0 saturated carbocycles. The van der Waals surface area contributed by atoms with Crippen molar-refractivity contribution < 1.29 is 27.5 Å². The number of nitrogens with one attached hydrogen (secondary N) is 2. The van der Waals surface area contributed by atoms with Gasteiger partial charge in [-0.2, -0.15) is 18.2 Å². The van der Waals surface area contributed by atoms with Crippen molar-refractivity contribution in [1.82, 2.24) is 15.2 Å². The molecule has 1 heterocycles. The molecule has 0 aliphatic carbocycles. The Kier molecular flexibility index (Phi) is 6.31. The molecular weight excluding hydrogens is 353 g/mol. The number of ketones is 1. The number of aromatic amines is 1. The zero-order valence-electron chi connectivity index (χ0n) is 13.9. The molecule has 0 aliphatic heterocycles. The Morgan fingerprint density at radius 3 is 2.46 bits per heavy atom. The van der Waals surface area contributed by atoms with E-state index in [9.17, 15) is 22.8 Å². The summed E-state index contributed by atoms with van der Waals surface area (Å²) in [5, 5.41) is 7.05. The zero-order chi connectivity index (χ0) is 19.2. The highest BCUT2D eigenvalue weighted by atomic mass is 19.4. The molecule has 0 fully saturated rings. The van der Waals surface area contributed by atoms with Gasteiger partial charge in [-0.25, -0.2) is 0 Å². The fourth-order valence-corrected chi connectivity index (χ4v) is 1.96. The average molecular weight is 370 g/mol. The number of Topliss-reactive ketones (excluding diaryl/α,β-unsaturated/α-hetero) is 1. The van der Waals surface area contributed by atoms with Crippen LogP contribution in [0.25, 0.3) is 0 Å². The fourth-order valence-electron chi connectivity index (χ4n) is 1.96. The van der Waals surface area contributed by atoms with Gasteiger partial charge in [0.2, 0.25) is 17.7 Å². The Morgan fingerprint density at radius 1 is 1.19 bits per heavy atom. The second-order valence-corrected chi connectivity index (χ2v) is 5.35. The second-order valence-electron chi connectivity index (χ2n) is 5.35. The molecule has 7 nitrogen and oxygen atoms in total. The predicted octanol–water partition coefficient (Wildman–Crippen LogP) is 3.21. The number of nitrogens with zero attached hydrogens (tertiary/aromatic N) is 2. The van der Waals surface area contributed by atoms with Crippen LogP contribution in [-0.4, -0.2) is 33.5 Å². The van der Waals surface area contributed by atoms with Crippen LogP contribution in [-0.2, 0) is 11.0 Å². The molecule has 0 aliphatic rings. The first-order chi connectivity index (χ1) is 12.3. The van der Waals surface area contributed by atoms with Crippen molar-refractivity contribution in [3.05, 3.63) is 35.7 Å². The number of carbonyl (C=O) groups excluding carboxylic acids is 2. The van der Waals surface area contributed by atoms with E-state index in [4.69, 9.17) is 4.74 Å². The molecule has 0 unspecified atom stereocenters. The normalized spacial score (nSPS) is 11.2. The van der Waals surface area contributed by atoms with Crippen LogP contribution in [0.1, 0.15) is 42.4 Å². The van der Waals surface area contributed by atoms with Gasteiger partial charge in [0, 0.05) is 18.4 Å². The molecule has 10 heteroatoms. The Balaban J connectivity index is 1.83. The average Bonchev–Trinajstić information content (AvgIpc) is 3.07. The highest BCUT2D eigenvalue weighted by Gasteiger charge is 2.35. The van der Waals surface area contributed by atoms with Gasteiger partial charge in [-0.05, 0) is 30.7 Å². The summed E-state index contributed by atoms with van der Waals surface area (Å²) in [5.74, 6) is -2.09. The summed E-state index contributed by atoms with van der Waals surface area (Å²) in [5.41, 5.74) is 0.416. The van der Waals surface area contributed by atoms with Crippen LogP contribution in [0.15, 0.2) is 24.3 Å². The lowest BCUT2D eigenvalue weighted by atomic mass is 10.1. The molecule has 1 aromatic carbocycles. The van der Waals surface area contributed by atoms with E-state index in [1.54, 1.807) is 29.4 Å². The first-order valence-corrected chi connectivity index (χ1v) is 7.85. The minimum atomic E-state index is -4.68. The van der Waals surface area contributed by atoms with E-state index >= 15 is 0 Å². The standard InChI is InChI=1S/C16H17F3N4O3/c1-2-9-26-11-5-3-10(4-6-11)12(24)7-8-13(25)20-15-21-14(22-23-15)16(17,18)19/h3-6H,2,7-9H2,1H3,(H2,20,21,22,23,25). The lowest BCUT2D eigenvalue weighted by Gasteiger charge is -2.05. The first-order valence-electron chi connectivity index (χ1n) is 7.85. The van der Waals surface area contributed by atoms with Gasteiger partial charge in [-0.15, -0.1) is 5.10 Å². The first kappa shape index (κ1) is 19.4. The van der Waals surface area contributed by atoms with E-state index in [-0.39, 0.29) is 18.6 Å². The monoisotopic (exact) mass is 370 g/mol. The minimum Gasteiger partial charge on any atom is -0.494 e. The third-order valence-electron chi connectivity index (χ3n) is 3.23. The molecule has 0 saturated heterocycles. The van der Waals surface area contributed by atoms with Crippen molar-refractivity contribution in [2.45, 2.75) is 32.4 Å². The van der Waals surface area contributed by atoms with Crippen LogP contribution < -0.4 is 10.1 Å². The Bertz CT molecular complexity index is 757. The lowest BCUT2D eigenvalue weighted by Crippen LogP contribution is -2.15. The summed E-state index contributed by atoms with van der Waals surface area (Å²) in [6.45, 7) is 2.55. The van der Waals surface area contributed by atoms with Crippen molar-refractivity contribution in [3.8, 4) is 5.75 Å². The number of hydrogen-bond donors (Lipinski definition) is 2. The van der Waals surface area contributed by atoms with Gasteiger partial charge in [0.25, 0.3) is 0 Å². The highest BCUT2D eigenvalue weighted by Crippen LogP contribution is 2.26. The summed E-state index contributed by atoms with van der Waals surface area (Å²) >= 11 is 0. The molecule has 0 atom stereocenters. The fraction of sp³-hybridized carbons (Fsp3) is 0.375. The van der Waals surface area contributed by atoms with Crippen molar-refractivity contribution in [3.63, 3.8) is 0 Å². The van der Waals surface area contributed by atoms with Crippen LogP contribution in [0.5, 0.6) is 5.75 Å². The molecule has 140 valence electrons. The quantitative estimate of drug-likeness (QED) is 0.696. The number of aromatic nitrogens is 3. The number of rotatable bonds is 8. The molecule has 2 N–H and O–H groups in total. The molecule has 0 bridgehead atoms. The van der Waals surface area contributed by atoms with Crippen LogP contribution >= 0.6 is 0 Å². The Morgan fingerprint density at radius 2 is 1.88 bits per heavy atom. The smallest absolute Gasteiger partial charge is 0.451 e. The van der Waals surface area contributed by atoms with Crippen LogP contribution in [0.2, 0.25) is 0 Å². The summed E-state index contributed by atoms with van der Waals surface area (Å²) < 4.78 is 42.5. The van der Waals surface area contributed by atoms with Gasteiger partial charge in [-0.1, -0.05) is 6.92 Å². The van der Waals surface area contributed by atoms with Gasteiger partial charge in [0.05, 0.1) is 6.61 Å². The maximum absolute atomic E-state index is 12.4. The van der Waals surface area contributed by atoms with Gasteiger partial charge < -0.3 is 4.74 Å². The number of carbonyl (C=O) groups is 2. The second kappa shape index (κ2) is 8.45. The van der Waals surface area contributed by atoms with E-state index in [0.717, 1.165) is 6.42 Å². The van der Waals surface area contributed by atoms with Crippen molar-refractivity contribution in [2.24, 2.45) is 0 Å². The largest absolute Gasteiger partial charge is 0.494 e. The number of halogens is 3. The van der Waals surface area contributed by atoms with Crippen molar-refractivity contribution in [2.75, 3.05) is 11.9 Å². The van der Waals surface area contributed by atoms with Crippen molar-refractivity contribution in [1.29, 1.82) is 0 Å². The maximum Gasteiger partial charge on any atom is 0.451 e. The van der Waals surface area contributed by atoms with E-state index < -0.39 is 23.9 Å². The van der Waals surface area contributed by atoms with Crippen molar-refractivity contribution >= 4 is 17.6 Å². The number of H-pyrrole nitrogens is 1. The third kappa shape index (κ3) is 5.57. The number of hydrogen-bond acceptors (Lipinski definition) is 5. The van der Waals surface area contributed by atoms with Gasteiger partial charge in [0.15, 0.2) is 5.78 Å². The van der Waals surface area contributed by atoms with Crippen LogP contribution in [0.4, 0.5) is 19.1 Å². The topological polar surface area (TPSA) is 97.0 Å². The molecule has 2 aromatic rings. The van der Waals surface area contributed by atoms with E-state index in [1.807, 2.05) is 6.92 Å². The van der Waals surface area contributed by atoms with E-state index in [0.29, 0.717) is 17.9 Å². The number of anilines is 1. The molecule has 0 spiro atoms. The minimum absolute atomic E-state index is 0.0997. The highest BCUT2D eigenvalue weighted by molar-refractivity contribution is 5.99. The zero-order valence-corrected chi connectivity index (χ0v) is 13.9. The number of ether oxygens (including phenoxy) is 1. The van der Waals surface area contributed by atoms with E-state index in [1.165, 1.54) is 0 Å². The molecule has 1 amide bonds. The third-order valence-corrected chi connectivity index (χ3v) is 3.23. The van der Waals surface area contributed by atoms with Crippen LogP contribution in [0, 0.1) is 0 Å². The van der Waals surface area contributed by atoms with Gasteiger partial charge in [-0.3, -0.25) is 20.0 Å². The Hall–Kier alpha value is -2.91. The maximum atomic E-state index is 12.4. The molecule has 1 aromatic heterocycles. The molecule has 2 rings (SSSR count). The van der Waals surface area contributed by atoms with Gasteiger partial charge >= 0.3 is 6.18 Å². The summed E-state index contributed by atoms with van der Waals surface area (Å²) in [7, 11) is 0. The molecule has 26 heavy (non-hydrogen) atoms. The van der Waals surface area contributed by atoms with E-state index in [2.05, 4.69) is 15.4 Å². The number of amides is 1. The van der Waals surface area contributed by atoms with Crippen LogP contribution in [0.3, 0.4) is 0 Å².